The average Bonchev–Trinajstić information content (AvgIpc) is 3.21. The number of aliphatic imine (C=N–C) groups is 1. The van der Waals surface area contributed by atoms with E-state index in [1.165, 1.54) is 0 Å². The first-order chi connectivity index (χ1) is 18.5. The fraction of sp³-hybridized carbons (Fsp3) is 0.226. The zero-order valence-electron chi connectivity index (χ0n) is 21.1. The zero-order valence-corrected chi connectivity index (χ0v) is 21.1. The maximum atomic E-state index is 14.6. The van der Waals surface area contributed by atoms with Crippen LogP contribution >= 0.6 is 0 Å². The highest BCUT2D eigenvalue weighted by atomic mass is 16.2. The van der Waals surface area contributed by atoms with Crippen molar-refractivity contribution in [3.63, 3.8) is 0 Å². The van der Waals surface area contributed by atoms with E-state index in [4.69, 9.17) is 4.99 Å². The molecule has 3 heterocycles. The molecule has 3 aromatic carbocycles. The van der Waals surface area contributed by atoms with Crippen LogP contribution in [0.15, 0.2) is 107 Å². The van der Waals surface area contributed by atoms with Crippen molar-refractivity contribution >= 4 is 11.7 Å². The number of nitrogens with one attached hydrogen (secondary N) is 2. The number of hydrogen-bond donors (Lipinski definition) is 2. The summed E-state index contributed by atoms with van der Waals surface area (Å²) >= 11 is 0. The van der Waals surface area contributed by atoms with Crippen LogP contribution in [0.1, 0.15) is 48.9 Å². The maximum absolute atomic E-state index is 14.6. The van der Waals surface area contributed by atoms with E-state index in [0.717, 1.165) is 16.7 Å². The van der Waals surface area contributed by atoms with Gasteiger partial charge in [-0.2, -0.15) is 10.5 Å². The van der Waals surface area contributed by atoms with Crippen molar-refractivity contribution in [2.45, 2.75) is 32.2 Å². The molecule has 0 saturated carbocycles. The largest absolute Gasteiger partial charge is 0.380 e. The Bertz CT molecular complexity index is 1550. The molecule has 0 bridgehead atoms. The van der Waals surface area contributed by atoms with E-state index in [-0.39, 0.29) is 0 Å². The van der Waals surface area contributed by atoms with Gasteiger partial charge in [0.1, 0.15) is 18.2 Å². The Labute approximate surface area is 221 Å². The fourth-order valence-corrected chi connectivity index (χ4v) is 6.19. The minimum atomic E-state index is -1.75. The van der Waals surface area contributed by atoms with Gasteiger partial charge < -0.3 is 5.32 Å². The molecule has 0 radical (unpaired) electrons. The number of allylic oxidation sites excluding steroid dienone is 1. The Balaban J connectivity index is 1.69. The Kier molecular flexibility index (Phi) is 5.41. The molecule has 1 saturated heterocycles. The third-order valence-electron chi connectivity index (χ3n) is 8.16. The molecule has 6 rings (SSSR count). The van der Waals surface area contributed by atoms with Crippen LogP contribution in [0, 0.1) is 33.5 Å². The van der Waals surface area contributed by atoms with Crippen molar-refractivity contribution in [2.24, 2.45) is 15.8 Å². The van der Waals surface area contributed by atoms with Crippen molar-refractivity contribution in [3.8, 4) is 12.1 Å². The second kappa shape index (κ2) is 8.69. The van der Waals surface area contributed by atoms with E-state index in [1.54, 1.807) is 11.8 Å². The van der Waals surface area contributed by atoms with Gasteiger partial charge in [-0.1, -0.05) is 91.0 Å². The van der Waals surface area contributed by atoms with Crippen molar-refractivity contribution < 1.29 is 4.79 Å². The number of benzene rings is 3. The van der Waals surface area contributed by atoms with Crippen molar-refractivity contribution in [3.05, 3.63) is 119 Å². The summed E-state index contributed by atoms with van der Waals surface area (Å²) in [4.78, 5) is 21.2. The highest BCUT2D eigenvalue weighted by Gasteiger charge is 2.76. The number of amides is 1. The van der Waals surface area contributed by atoms with Gasteiger partial charge in [0.25, 0.3) is 5.91 Å². The van der Waals surface area contributed by atoms with Gasteiger partial charge in [0.05, 0.1) is 18.2 Å². The summed E-state index contributed by atoms with van der Waals surface area (Å²) in [6, 6.07) is 33.1. The van der Waals surface area contributed by atoms with Crippen LogP contribution in [0.5, 0.6) is 0 Å². The summed E-state index contributed by atoms with van der Waals surface area (Å²) in [5.74, 6) is -0.131. The number of hydrogen-bond acceptors (Lipinski definition) is 6. The van der Waals surface area contributed by atoms with E-state index in [2.05, 4.69) is 22.8 Å². The molecule has 38 heavy (non-hydrogen) atoms. The molecule has 186 valence electrons. The first-order valence-corrected chi connectivity index (χ1v) is 12.6. The highest BCUT2D eigenvalue weighted by Crippen LogP contribution is 2.63. The van der Waals surface area contributed by atoms with E-state index in [9.17, 15) is 15.3 Å². The lowest BCUT2D eigenvalue weighted by Crippen LogP contribution is -2.56. The lowest BCUT2D eigenvalue weighted by Gasteiger charge is -2.46. The lowest BCUT2D eigenvalue weighted by molar-refractivity contribution is -0.135. The number of rotatable bonds is 3. The second-order valence-electron chi connectivity index (χ2n) is 9.94. The topological polar surface area (TPSA) is 104 Å². The predicted octanol–water partition coefficient (Wildman–Crippen LogP) is 4.89. The smallest absolute Gasteiger partial charge is 0.256 e. The van der Waals surface area contributed by atoms with Crippen molar-refractivity contribution in [1.29, 1.82) is 10.5 Å². The number of nitrogens with zero attached hydrogens (tertiary/aromatic N) is 4. The molecule has 2 N–H and O–H groups in total. The summed E-state index contributed by atoms with van der Waals surface area (Å²) in [5.41, 5.74) is 0.449. The summed E-state index contributed by atoms with van der Waals surface area (Å²) < 4.78 is 0. The molecule has 1 amide bonds. The summed E-state index contributed by atoms with van der Waals surface area (Å²) in [6.45, 7) is 3.63. The second-order valence-corrected chi connectivity index (χ2v) is 9.94. The first-order valence-electron chi connectivity index (χ1n) is 12.6. The molecule has 3 aliphatic heterocycles. The molecule has 3 aromatic rings. The number of amidine groups is 1. The highest BCUT2D eigenvalue weighted by molar-refractivity contribution is 6.18. The zero-order chi connectivity index (χ0) is 26.5. The fourth-order valence-electron chi connectivity index (χ4n) is 6.19. The Morgan fingerprint density at radius 2 is 1.37 bits per heavy atom. The maximum Gasteiger partial charge on any atom is 0.256 e. The molecule has 0 spiro atoms. The van der Waals surface area contributed by atoms with Crippen LogP contribution < -0.4 is 10.6 Å². The third kappa shape index (κ3) is 2.97. The predicted molar refractivity (Wildman–Crippen MR) is 143 cm³/mol. The molecular weight excluding hydrogens is 472 g/mol. The van der Waals surface area contributed by atoms with E-state index >= 15 is 0 Å². The van der Waals surface area contributed by atoms with Crippen LogP contribution in [0.2, 0.25) is 0 Å². The first kappa shape index (κ1) is 23.7. The van der Waals surface area contributed by atoms with Gasteiger partial charge in [-0.05, 0) is 36.1 Å². The third-order valence-corrected chi connectivity index (χ3v) is 8.16. The van der Waals surface area contributed by atoms with Gasteiger partial charge in [0, 0.05) is 5.70 Å². The van der Waals surface area contributed by atoms with Gasteiger partial charge >= 0.3 is 0 Å². The molecular formula is C31H26N6O. The van der Waals surface area contributed by atoms with Gasteiger partial charge in [0.15, 0.2) is 10.8 Å². The van der Waals surface area contributed by atoms with Crippen LogP contribution in [0.4, 0.5) is 0 Å². The SMILES string of the molecule is CC1=C(C)C2(C#N)C(=O)N3C(=NC(c4ccccc4)NC3c3ccccc3)C2(C#N)C(c2ccccc2)N1. The lowest BCUT2D eigenvalue weighted by atomic mass is 9.55. The average molecular weight is 499 g/mol. The van der Waals surface area contributed by atoms with Gasteiger partial charge in [-0.25, -0.2) is 4.99 Å². The number of fused-ring (bicyclic) bond motifs is 3. The Hall–Kier alpha value is -4.72. The van der Waals surface area contributed by atoms with Gasteiger partial charge in [0.2, 0.25) is 0 Å². The van der Waals surface area contributed by atoms with Crippen LogP contribution in [0.25, 0.3) is 0 Å². The standard InChI is InChI=1S/C31H26N6O/c1-20-21(2)34-25(22-12-6-3-7-13-22)31(19-33)28-36-26(23-14-8-4-9-15-23)35-27(24-16-10-5-11-17-24)37(28)29(38)30(20,31)18-32/h3-17,25-27,34-35H,1-2H3. The van der Waals surface area contributed by atoms with Gasteiger partial charge in [-0.3, -0.25) is 15.0 Å². The van der Waals surface area contributed by atoms with E-state index in [1.807, 2.05) is 97.9 Å². The molecule has 7 nitrogen and oxygen atoms in total. The molecule has 7 heteroatoms. The van der Waals surface area contributed by atoms with Crippen LogP contribution in [-0.2, 0) is 4.79 Å². The normalized spacial score (nSPS) is 29.9. The minimum Gasteiger partial charge on any atom is -0.380 e. The molecule has 3 aliphatic rings. The molecule has 0 aliphatic carbocycles. The van der Waals surface area contributed by atoms with Gasteiger partial charge in [-0.15, -0.1) is 0 Å². The van der Waals surface area contributed by atoms with E-state index in [0.29, 0.717) is 17.1 Å². The Morgan fingerprint density at radius 3 is 1.92 bits per heavy atom. The number of carbonyl (C=O) groups is 1. The molecule has 5 atom stereocenters. The monoisotopic (exact) mass is 498 g/mol. The number of nitriles is 2. The molecule has 5 unspecified atom stereocenters. The van der Waals surface area contributed by atoms with Crippen molar-refractivity contribution in [1.82, 2.24) is 15.5 Å². The van der Waals surface area contributed by atoms with Crippen molar-refractivity contribution in [2.75, 3.05) is 0 Å². The number of carbonyl (C=O) groups excluding carboxylic acids is 1. The summed E-state index contributed by atoms with van der Waals surface area (Å²) in [5, 5.41) is 29.0. The minimum absolute atomic E-state index is 0.307. The Morgan fingerprint density at radius 1 is 0.816 bits per heavy atom. The quantitative estimate of drug-likeness (QED) is 0.535. The molecule has 1 fully saturated rings. The van der Waals surface area contributed by atoms with E-state index < -0.39 is 35.1 Å². The summed E-state index contributed by atoms with van der Waals surface area (Å²) in [6.07, 6.45) is -1.14. The summed E-state index contributed by atoms with van der Waals surface area (Å²) in [7, 11) is 0. The van der Waals surface area contributed by atoms with Crippen LogP contribution in [-0.4, -0.2) is 16.6 Å². The van der Waals surface area contributed by atoms with Crippen LogP contribution in [0.3, 0.4) is 0 Å². The molecule has 0 aromatic heterocycles.